The fourth-order valence-electron chi connectivity index (χ4n) is 4.07. The molecule has 2 saturated carbocycles. The molecule has 1 amide bonds. The lowest BCUT2D eigenvalue weighted by molar-refractivity contribution is -0.156. The quantitative estimate of drug-likeness (QED) is 0.590. The maximum atomic E-state index is 12.2. The zero-order chi connectivity index (χ0) is 14.8. The summed E-state index contributed by atoms with van der Waals surface area (Å²) in [7, 11) is 1.84. The summed E-state index contributed by atoms with van der Waals surface area (Å²) in [5.41, 5.74) is 0. The first-order valence-electron chi connectivity index (χ1n) is 8.26. The van der Waals surface area contributed by atoms with Crippen LogP contribution in [0.15, 0.2) is 12.2 Å². The first-order chi connectivity index (χ1) is 10.1. The van der Waals surface area contributed by atoms with E-state index in [0.29, 0.717) is 17.9 Å². The molecule has 0 aromatic carbocycles. The molecule has 0 heterocycles. The summed E-state index contributed by atoms with van der Waals surface area (Å²) in [6.45, 7) is -0.0938. The number of hydrogen-bond donors (Lipinski definition) is 0. The molecular weight excluding hydrogens is 266 g/mol. The molecule has 3 atom stereocenters. The van der Waals surface area contributed by atoms with Crippen molar-refractivity contribution >= 4 is 11.9 Å². The summed E-state index contributed by atoms with van der Waals surface area (Å²) < 4.78 is 5.29. The maximum absolute atomic E-state index is 12.2. The van der Waals surface area contributed by atoms with E-state index in [-0.39, 0.29) is 24.4 Å². The molecule has 0 radical (unpaired) electrons. The molecule has 0 aromatic heterocycles. The van der Waals surface area contributed by atoms with E-state index in [4.69, 9.17) is 4.74 Å². The van der Waals surface area contributed by atoms with Crippen molar-refractivity contribution in [2.75, 3.05) is 13.7 Å². The van der Waals surface area contributed by atoms with Crippen LogP contribution >= 0.6 is 0 Å². The van der Waals surface area contributed by atoms with Gasteiger partial charge in [0, 0.05) is 13.1 Å². The fourth-order valence-corrected chi connectivity index (χ4v) is 4.07. The van der Waals surface area contributed by atoms with E-state index in [2.05, 4.69) is 12.2 Å². The van der Waals surface area contributed by atoms with Crippen molar-refractivity contribution in [3.63, 3.8) is 0 Å². The minimum Gasteiger partial charge on any atom is -0.455 e. The Hall–Kier alpha value is -1.32. The van der Waals surface area contributed by atoms with E-state index >= 15 is 0 Å². The van der Waals surface area contributed by atoms with Gasteiger partial charge in [-0.3, -0.25) is 9.59 Å². The minimum absolute atomic E-state index is 0.0206. The molecule has 0 aromatic rings. The number of carbonyl (C=O) groups excluding carboxylic acids is 2. The van der Waals surface area contributed by atoms with Gasteiger partial charge >= 0.3 is 5.97 Å². The van der Waals surface area contributed by atoms with Crippen LogP contribution in [0.4, 0.5) is 0 Å². The average Bonchev–Trinajstić information content (AvgIpc) is 3.15. The molecular formula is C17H25NO3. The summed E-state index contributed by atoms with van der Waals surface area (Å²) in [6.07, 6.45) is 12.1. The van der Waals surface area contributed by atoms with Gasteiger partial charge in [0.15, 0.2) is 6.61 Å². The Morgan fingerprint density at radius 1 is 1.14 bits per heavy atom. The Kier molecular flexibility index (Phi) is 4.32. The van der Waals surface area contributed by atoms with Gasteiger partial charge in [0.05, 0.1) is 5.92 Å². The lowest BCUT2D eigenvalue weighted by atomic mass is 9.94. The van der Waals surface area contributed by atoms with Crippen molar-refractivity contribution in [2.24, 2.45) is 17.8 Å². The molecule has 3 aliphatic carbocycles. The fraction of sp³-hybridized carbons (Fsp3) is 0.765. The highest BCUT2D eigenvalue weighted by atomic mass is 16.5. The number of esters is 1. The lowest BCUT2D eigenvalue weighted by Crippen LogP contribution is -2.41. The third kappa shape index (κ3) is 3.14. The van der Waals surface area contributed by atoms with Crippen LogP contribution in [0.2, 0.25) is 0 Å². The molecule has 0 N–H and O–H groups in total. The van der Waals surface area contributed by atoms with Crippen molar-refractivity contribution < 1.29 is 14.3 Å². The van der Waals surface area contributed by atoms with Gasteiger partial charge in [-0.15, -0.1) is 0 Å². The first-order valence-corrected chi connectivity index (χ1v) is 8.26. The lowest BCUT2D eigenvalue weighted by Gasteiger charge is -2.31. The maximum Gasteiger partial charge on any atom is 0.310 e. The van der Waals surface area contributed by atoms with Gasteiger partial charge in [0.1, 0.15) is 0 Å². The van der Waals surface area contributed by atoms with Gasteiger partial charge in [-0.05, 0) is 37.5 Å². The molecule has 0 unspecified atom stereocenters. The molecule has 3 aliphatic rings. The number of carbonyl (C=O) groups is 2. The second-order valence-corrected chi connectivity index (χ2v) is 6.79. The van der Waals surface area contributed by atoms with Gasteiger partial charge in [-0.2, -0.15) is 0 Å². The van der Waals surface area contributed by atoms with Crippen LogP contribution in [0.3, 0.4) is 0 Å². The largest absolute Gasteiger partial charge is 0.455 e. The Morgan fingerprint density at radius 2 is 1.90 bits per heavy atom. The van der Waals surface area contributed by atoms with Gasteiger partial charge in [0.2, 0.25) is 0 Å². The van der Waals surface area contributed by atoms with Crippen LogP contribution in [-0.4, -0.2) is 36.5 Å². The summed E-state index contributed by atoms with van der Waals surface area (Å²) in [5, 5.41) is 0. The number of nitrogens with zero attached hydrogens (tertiary/aromatic N) is 1. The van der Waals surface area contributed by atoms with Crippen LogP contribution in [0.25, 0.3) is 0 Å². The smallest absolute Gasteiger partial charge is 0.310 e. The Morgan fingerprint density at radius 3 is 2.52 bits per heavy atom. The molecule has 2 fully saturated rings. The molecule has 4 heteroatoms. The number of amides is 1. The number of rotatable bonds is 4. The molecule has 21 heavy (non-hydrogen) atoms. The monoisotopic (exact) mass is 291 g/mol. The van der Waals surface area contributed by atoms with E-state index in [0.717, 1.165) is 25.7 Å². The number of fused-ring (bicyclic) bond motifs is 2. The predicted octanol–water partition coefficient (Wildman–Crippen LogP) is 2.53. The Labute approximate surface area is 126 Å². The second-order valence-electron chi connectivity index (χ2n) is 6.79. The summed E-state index contributed by atoms with van der Waals surface area (Å²) in [4.78, 5) is 26.1. The molecule has 0 spiro atoms. The van der Waals surface area contributed by atoms with Crippen molar-refractivity contribution in [2.45, 2.75) is 51.0 Å². The number of likely N-dealkylation sites (N-methyl/N-ethyl adjacent to an activating group) is 1. The summed E-state index contributed by atoms with van der Waals surface area (Å²) in [5.74, 6) is 0.626. The van der Waals surface area contributed by atoms with Gasteiger partial charge < -0.3 is 9.64 Å². The highest BCUT2D eigenvalue weighted by Crippen LogP contribution is 2.43. The Balaban J connectivity index is 1.44. The van der Waals surface area contributed by atoms with E-state index in [1.807, 2.05) is 7.05 Å². The first kappa shape index (κ1) is 14.6. The second kappa shape index (κ2) is 6.20. The molecule has 2 bridgehead atoms. The average molecular weight is 291 g/mol. The summed E-state index contributed by atoms with van der Waals surface area (Å²) in [6, 6.07) is 0.329. The van der Waals surface area contributed by atoms with Crippen LogP contribution < -0.4 is 0 Å². The van der Waals surface area contributed by atoms with Gasteiger partial charge in [-0.25, -0.2) is 0 Å². The summed E-state index contributed by atoms with van der Waals surface area (Å²) >= 11 is 0. The third-order valence-electron chi connectivity index (χ3n) is 5.44. The molecule has 3 rings (SSSR count). The van der Waals surface area contributed by atoms with Crippen molar-refractivity contribution in [1.29, 1.82) is 0 Å². The highest BCUT2D eigenvalue weighted by molar-refractivity contribution is 5.81. The van der Waals surface area contributed by atoms with Crippen molar-refractivity contribution in [1.82, 2.24) is 4.90 Å². The Bertz CT molecular complexity index is 439. The van der Waals surface area contributed by atoms with E-state index in [1.165, 1.54) is 19.3 Å². The molecule has 0 saturated heterocycles. The SMILES string of the molecule is CN(C(=O)COC(=O)[C@H]1C[C@H]2C=C[C@@H]1C2)C1CCCCC1. The van der Waals surface area contributed by atoms with Crippen molar-refractivity contribution in [3.05, 3.63) is 12.2 Å². The standard InChI is InChI=1S/C17H25NO3/c1-18(14-5-3-2-4-6-14)16(19)11-21-17(20)15-10-12-7-8-13(15)9-12/h7-8,12-15H,2-6,9-11H2,1H3/t12-,13+,15-/m0/s1. The normalized spacial score (nSPS) is 31.4. The van der Waals surface area contributed by atoms with Crippen LogP contribution in [0.5, 0.6) is 0 Å². The van der Waals surface area contributed by atoms with Crippen LogP contribution in [0, 0.1) is 17.8 Å². The minimum atomic E-state index is -0.183. The van der Waals surface area contributed by atoms with E-state index in [1.54, 1.807) is 4.90 Å². The van der Waals surface area contributed by atoms with E-state index < -0.39 is 0 Å². The third-order valence-corrected chi connectivity index (χ3v) is 5.44. The van der Waals surface area contributed by atoms with Gasteiger partial charge in [0.25, 0.3) is 5.91 Å². The zero-order valence-corrected chi connectivity index (χ0v) is 12.8. The number of allylic oxidation sites excluding steroid dienone is 2. The number of hydrogen-bond acceptors (Lipinski definition) is 3. The highest BCUT2D eigenvalue weighted by Gasteiger charge is 2.41. The number of ether oxygens (including phenoxy) is 1. The molecule has 4 nitrogen and oxygen atoms in total. The predicted molar refractivity (Wildman–Crippen MR) is 79.4 cm³/mol. The van der Waals surface area contributed by atoms with Gasteiger partial charge in [-0.1, -0.05) is 31.4 Å². The molecule has 116 valence electrons. The topological polar surface area (TPSA) is 46.6 Å². The van der Waals surface area contributed by atoms with Crippen LogP contribution in [0.1, 0.15) is 44.9 Å². The van der Waals surface area contributed by atoms with Crippen LogP contribution in [-0.2, 0) is 14.3 Å². The van der Waals surface area contributed by atoms with E-state index in [9.17, 15) is 9.59 Å². The zero-order valence-electron chi connectivity index (χ0n) is 12.8. The van der Waals surface area contributed by atoms with Crippen molar-refractivity contribution in [3.8, 4) is 0 Å². The molecule has 0 aliphatic heterocycles.